The quantitative estimate of drug-likeness (QED) is 0.795. The molecule has 0 bridgehead atoms. The minimum absolute atomic E-state index is 0.155. The van der Waals surface area contributed by atoms with Crippen molar-refractivity contribution in [1.82, 2.24) is 9.97 Å². The summed E-state index contributed by atoms with van der Waals surface area (Å²) in [5, 5.41) is 3.00. The molecule has 0 saturated heterocycles. The molecule has 0 aromatic carbocycles. The number of hydrogen-bond donors (Lipinski definition) is 0. The number of pyridine rings is 1. The fraction of sp³-hybridized carbons (Fsp3) is 0.400. The van der Waals surface area contributed by atoms with Gasteiger partial charge in [0.05, 0.1) is 12.6 Å². The van der Waals surface area contributed by atoms with Crippen molar-refractivity contribution in [1.29, 1.82) is 0 Å². The number of aromatic nitrogens is 2. The van der Waals surface area contributed by atoms with Gasteiger partial charge in [0, 0.05) is 24.3 Å². The van der Waals surface area contributed by atoms with Crippen LogP contribution >= 0.6 is 11.3 Å². The number of nitrogens with zero attached hydrogens (tertiary/aromatic N) is 3. The molecule has 2 aromatic heterocycles. The van der Waals surface area contributed by atoms with Gasteiger partial charge in [-0.1, -0.05) is 0 Å². The Morgan fingerprint density at radius 1 is 1.48 bits per heavy atom. The van der Waals surface area contributed by atoms with Crippen LogP contribution in [-0.4, -0.2) is 29.1 Å². The molecule has 0 amide bonds. The van der Waals surface area contributed by atoms with Gasteiger partial charge >= 0.3 is 5.97 Å². The summed E-state index contributed by atoms with van der Waals surface area (Å²) in [6.45, 7) is 6.23. The van der Waals surface area contributed by atoms with Gasteiger partial charge in [0.25, 0.3) is 0 Å². The number of thiazole rings is 1. The number of anilines is 1. The van der Waals surface area contributed by atoms with E-state index in [-0.39, 0.29) is 12.1 Å². The van der Waals surface area contributed by atoms with E-state index in [9.17, 15) is 4.79 Å². The van der Waals surface area contributed by atoms with Crippen molar-refractivity contribution in [2.75, 3.05) is 11.9 Å². The number of aryl methyl sites for hydroxylation is 1. The molecule has 5 nitrogen and oxygen atoms in total. The van der Waals surface area contributed by atoms with Crippen LogP contribution in [0, 0.1) is 6.92 Å². The SMILES string of the molecule is Cc1csc(CN(C)c2ncccc2C(=O)OC(C)C)n1. The van der Waals surface area contributed by atoms with Gasteiger partial charge in [-0.15, -0.1) is 11.3 Å². The summed E-state index contributed by atoms with van der Waals surface area (Å²) in [7, 11) is 1.89. The Hall–Kier alpha value is -1.95. The van der Waals surface area contributed by atoms with Crippen molar-refractivity contribution in [3.8, 4) is 0 Å². The lowest BCUT2D eigenvalue weighted by atomic mass is 10.2. The third-order valence-corrected chi connectivity index (χ3v) is 3.70. The van der Waals surface area contributed by atoms with Gasteiger partial charge in [-0.25, -0.2) is 14.8 Å². The molecule has 0 aliphatic carbocycles. The van der Waals surface area contributed by atoms with Gasteiger partial charge in [-0.3, -0.25) is 0 Å². The lowest BCUT2D eigenvalue weighted by Gasteiger charge is -2.19. The van der Waals surface area contributed by atoms with Crippen molar-refractivity contribution in [3.05, 3.63) is 40.0 Å². The predicted octanol–water partition coefficient (Wildman–Crippen LogP) is 3.05. The molecule has 2 rings (SSSR count). The van der Waals surface area contributed by atoms with Crippen LogP contribution in [0.5, 0.6) is 0 Å². The molecule has 0 saturated carbocycles. The first-order chi connectivity index (χ1) is 9.97. The molecule has 0 fully saturated rings. The van der Waals surface area contributed by atoms with E-state index in [1.165, 1.54) is 0 Å². The highest BCUT2D eigenvalue weighted by Crippen LogP contribution is 2.20. The monoisotopic (exact) mass is 305 g/mol. The van der Waals surface area contributed by atoms with Crippen molar-refractivity contribution in [2.45, 2.75) is 33.4 Å². The van der Waals surface area contributed by atoms with Crippen molar-refractivity contribution >= 4 is 23.1 Å². The van der Waals surface area contributed by atoms with E-state index >= 15 is 0 Å². The van der Waals surface area contributed by atoms with Crippen molar-refractivity contribution in [2.24, 2.45) is 0 Å². The first-order valence-corrected chi connectivity index (χ1v) is 7.63. The van der Waals surface area contributed by atoms with Gasteiger partial charge in [-0.2, -0.15) is 0 Å². The van der Waals surface area contributed by atoms with Crippen LogP contribution in [0.15, 0.2) is 23.7 Å². The maximum absolute atomic E-state index is 12.1. The van der Waals surface area contributed by atoms with Crippen LogP contribution in [0.2, 0.25) is 0 Å². The van der Waals surface area contributed by atoms with E-state index in [0.717, 1.165) is 10.7 Å². The molecule has 2 aromatic rings. The first kappa shape index (κ1) is 15.4. The average Bonchev–Trinajstić information content (AvgIpc) is 2.83. The van der Waals surface area contributed by atoms with Gasteiger partial charge in [0.1, 0.15) is 16.4 Å². The highest BCUT2D eigenvalue weighted by Gasteiger charge is 2.18. The summed E-state index contributed by atoms with van der Waals surface area (Å²) >= 11 is 1.60. The number of carbonyl (C=O) groups is 1. The molecule has 2 heterocycles. The number of rotatable bonds is 5. The van der Waals surface area contributed by atoms with Crippen molar-refractivity contribution < 1.29 is 9.53 Å². The molecule has 0 unspecified atom stereocenters. The second kappa shape index (κ2) is 6.67. The zero-order chi connectivity index (χ0) is 15.4. The second-order valence-electron chi connectivity index (χ2n) is 5.07. The molecule has 0 aliphatic rings. The summed E-state index contributed by atoms with van der Waals surface area (Å²) in [5.41, 5.74) is 1.48. The van der Waals surface area contributed by atoms with Crippen LogP contribution in [0.1, 0.15) is 34.9 Å². The summed E-state index contributed by atoms with van der Waals surface area (Å²) in [6, 6.07) is 3.47. The molecule has 0 atom stereocenters. The van der Waals surface area contributed by atoms with Crippen molar-refractivity contribution in [3.63, 3.8) is 0 Å². The van der Waals surface area contributed by atoms with Crippen LogP contribution in [-0.2, 0) is 11.3 Å². The topological polar surface area (TPSA) is 55.3 Å². The fourth-order valence-corrected chi connectivity index (χ4v) is 2.72. The van der Waals surface area contributed by atoms with E-state index in [4.69, 9.17) is 4.74 Å². The van der Waals surface area contributed by atoms with Crippen LogP contribution < -0.4 is 4.90 Å². The Balaban J connectivity index is 2.20. The normalized spacial score (nSPS) is 10.7. The minimum Gasteiger partial charge on any atom is -0.459 e. The zero-order valence-electron chi connectivity index (χ0n) is 12.7. The number of ether oxygens (including phenoxy) is 1. The van der Waals surface area contributed by atoms with Crippen LogP contribution in [0.3, 0.4) is 0 Å². The highest BCUT2D eigenvalue weighted by atomic mass is 32.1. The molecule has 0 aliphatic heterocycles. The van der Waals surface area contributed by atoms with E-state index in [1.807, 2.05) is 38.1 Å². The van der Waals surface area contributed by atoms with Gasteiger partial charge in [0.2, 0.25) is 0 Å². The molecule has 0 N–H and O–H groups in total. The smallest absolute Gasteiger partial charge is 0.342 e. The highest BCUT2D eigenvalue weighted by molar-refractivity contribution is 7.09. The van der Waals surface area contributed by atoms with E-state index in [1.54, 1.807) is 29.7 Å². The Morgan fingerprint density at radius 2 is 2.24 bits per heavy atom. The summed E-state index contributed by atoms with van der Waals surface area (Å²) < 4.78 is 5.26. The zero-order valence-corrected chi connectivity index (χ0v) is 13.5. The van der Waals surface area contributed by atoms with E-state index < -0.39 is 0 Å². The Bertz CT molecular complexity index is 625. The maximum Gasteiger partial charge on any atom is 0.342 e. The molecule has 21 heavy (non-hydrogen) atoms. The molecule has 6 heteroatoms. The number of esters is 1. The van der Waals surface area contributed by atoms with Crippen LogP contribution in [0.25, 0.3) is 0 Å². The summed E-state index contributed by atoms with van der Waals surface area (Å²) in [5.74, 6) is 0.256. The van der Waals surface area contributed by atoms with Gasteiger partial charge < -0.3 is 9.64 Å². The number of carbonyl (C=O) groups excluding carboxylic acids is 1. The first-order valence-electron chi connectivity index (χ1n) is 6.75. The summed E-state index contributed by atoms with van der Waals surface area (Å²) in [4.78, 5) is 22.8. The fourth-order valence-electron chi connectivity index (χ4n) is 1.89. The lowest BCUT2D eigenvalue weighted by Crippen LogP contribution is -2.22. The second-order valence-corrected chi connectivity index (χ2v) is 6.01. The summed E-state index contributed by atoms with van der Waals surface area (Å²) in [6.07, 6.45) is 1.52. The third-order valence-electron chi connectivity index (χ3n) is 2.75. The lowest BCUT2D eigenvalue weighted by molar-refractivity contribution is 0.0378. The standard InChI is InChI=1S/C15H19N3O2S/c1-10(2)20-15(19)12-6-5-7-16-14(12)18(4)8-13-17-11(3)9-21-13/h5-7,9-10H,8H2,1-4H3. The Morgan fingerprint density at radius 3 is 2.86 bits per heavy atom. The maximum atomic E-state index is 12.1. The molecule has 0 spiro atoms. The number of hydrogen-bond acceptors (Lipinski definition) is 6. The molecule has 0 radical (unpaired) electrons. The van der Waals surface area contributed by atoms with Gasteiger partial charge in [-0.05, 0) is 32.9 Å². The van der Waals surface area contributed by atoms with E-state index in [2.05, 4.69) is 9.97 Å². The molecular weight excluding hydrogens is 286 g/mol. The Labute approximate surface area is 128 Å². The molecular formula is C15H19N3O2S. The predicted molar refractivity (Wildman–Crippen MR) is 83.7 cm³/mol. The van der Waals surface area contributed by atoms with E-state index in [0.29, 0.717) is 17.9 Å². The molecule has 112 valence electrons. The van der Waals surface area contributed by atoms with Crippen LogP contribution in [0.4, 0.5) is 5.82 Å². The third kappa shape index (κ3) is 4.01. The minimum atomic E-state index is -0.352. The Kier molecular flexibility index (Phi) is 4.90. The largest absolute Gasteiger partial charge is 0.459 e. The average molecular weight is 305 g/mol. The van der Waals surface area contributed by atoms with Gasteiger partial charge in [0.15, 0.2) is 0 Å².